The number of alkyl halides is 3. The molecule has 2 aromatic rings. The lowest BCUT2D eigenvalue weighted by Gasteiger charge is -2.13. The van der Waals surface area contributed by atoms with Crippen LogP contribution >= 0.6 is 0 Å². The van der Waals surface area contributed by atoms with Gasteiger partial charge in [0.2, 0.25) is 0 Å². The number of aryl methyl sites for hydroxylation is 1. The maximum atomic E-state index is 13.1. The standard InChI is InChI=1S/C23H25F3N2O2.C2H4O2/c1-15-6-4-9-20(16(2)27-29-3)21(15)14-30-28-22(12-17-10-11-17)18-7-5-8-19(13-18)23(24,25)26;1-4-2-3/h4-9,13,17H,10-12,14H2,1-3H3;2H,1H3/b27-16-,28-22+;. The fourth-order valence-corrected chi connectivity index (χ4v) is 3.27. The Balaban J connectivity index is 0.000000945. The summed E-state index contributed by atoms with van der Waals surface area (Å²) >= 11 is 0. The number of hydrogen-bond acceptors (Lipinski definition) is 6. The minimum Gasteiger partial charge on any atom is -0.471 e. The van der Waals surface area contributed by atoms with Crippen molar-refractivity contribution in [2.75, 3.05) is 14.2 Å². The van der Waals surface area contributed by atoms with Gasteiger partial charge in [0.05, 0.1) is 24.1 Å². The van der Waals surface area contributed by atoms with Crippen LogP contribution in [0.15, 0.2) is 52.8 Å². The minimum atomic E-state index is -4.39. The largest absolute Gasteiger partial charge is 0.471 e. The Morgan fingerprint density at radius 3 is 2.38 bits per heavy atom. The molecule has 0 bridgehead atoms. The number of methoxy groups -OCH3 is 1. The number of nitrogens with zero attached hydrogens (tertiary/aromatic N) is 2. The van der Waals surface area contributed by atoms with Crippen LogP contribution in [0.25, 0.3) is 0 Å². The summed E-state index contributed by atoms with van der Waals surface area (Å²) in [5, 5.41) is 8.24. The maximum absolute atomic E-state index is 13.1. The van der Waals surface area contributed by atoms with Gasteiger partial charge < -0.3 is 14.4 Å². The van der Waals surface area contributed by atoms with E-state index in [1.807, 2.05) is 32.0 Å². The molecular formula is C25H29F3N2O4. The quantitative estimate of drug-likeness (QED) is 0.256. The van der Waals surface area contributed by atoms with E-state index in [0.717, 1.165) is 41.7 Å². The second-order valence-corrected chi connectivity index (χ2v) is 7.83. The number of halogens is 3. The van der Waals surface area contributed by atoms with Crippen molar-refractivity contribution in [2.24, 2.45) is 16.2 Å². The SMILES string of the molecule is CO/N=C(/C)c1cccc(C)c1CO/N=C(\CC1CC1)c1cccc(C(F)(F)F)c1.COC=O. The van der Waals surface area contributed by atoms with Gasteiger partial charge in [-0.25, -0.2) is 0 Å². The van der Waals surface area contributed by atoms with E-state index in [-0.39, 0.29) is 6.61 Å². The maximum Gasteiger partial charge on any atom is 0.416 e. The normalized spacial score (nSPS) is 14.1. The summed E-state index contributed by atoms with van der Waals surface area (Å²) in [6.07, 6.45) is -1.67. The molecule has 6 nitrogen and oxygen atoms in total. The molecule has 0 unspecified atom stereocenters. The third-order valence-electron chi connectivity index (χ3n) is 5.21. The first-order chi connectivity index (χ1) is 16.2. The molecule has 1 aliphatic rings. The zero-order valence-corrected chi connectivity index (χ0v) is 19.7. The highest BCUT2D eigenvalue weighted by molar-refractivity contribution is 6.01. The lowest BCUT2D eigenvalue weighted by Crippen LogP contribution is -2.09. The van der Waals surface area contributed by atoms with Crippen molar-refractivity contribution in [3.05, 3.63) is 70.3 Å². The molecule has 0 N–H and O–H groups in total. The topological polar surface area (TPSA) is 69.5 Å². The fourth-order valence-electron chi connectivity index (χ4n) is 3.27. The van der Waals surface area contributed by atoms with E-state index in [1.165, 1.54) is 20.3 Å². The predicted molar refractivity (Wildman–Crippen MR) is 124 cm³/mol. The molecule has 0 spiro atoms. The molecule has 2 aromatic carbocycles. The van der Waals surface area contributed by atoms with E-state index in [1.54, 1.807) is 6.07 Å². The van der Waals surface area contributed by atoms with Crippen molar-refractivity contribution in [1.82, 2.24) is 0 Å². The first-order valence-corrected chi connectivity index (χ1v) is 10.7. The number of rotatable bonds is 9. The second kappa shape index (κ2) is 12.8. The molecule has 1 fully saturated rings. The van der Waals surface area contributed by atoms with Crippen LogP contribution in [-0.4, -0.2) is 32.1 Å². The highest BCUT2D eigenvalue weighted by Crippen LogP contribution is 2.35. The van der Waals surface area contributed by atoms with E-state index in [9.17, 15) is 13.2 Å². The molecule has 0 amide bonds. The number of carbonyl (C=O) groups excluding carboxylic acids is 1. The van der Waals surface area contributed by atoms with Crippen LogP contribution in [0.3, 0.4) is 0 Å². The Kier molecular flexibility index (Phi) is 10.1. The number of hydrogen-bond donors (Lipinski definition) is 0. The van der Waals surface area contributed by atoms with Gasteiger partial charge in [-0.1, -0.05) is 40.6 Å². The predicted octanol–water partition coefficient (Wildman–Crippen LogP) is 5.89. The fraction of sp³-hybridized carbons (Fsp3) is 0.400. The molecule has 0 radical (unpaired) electrons. The summed E-state index contributed by atoms with van der Waals surface area (Å²) in [5.74, 6) is 0.451. The Labute approximate surface area is 197 Å². The third kappa shape index (κ3) is 8.20. The number of benzene rings is 2. The van der Waals surface area contributed by atoms with Crippen molar-refractivity contribution < 1.29 is 32.4 Å². The summed E-state index contributed by atoms with van der Waals surface area (Å²) in [6, 6.07) is 11.1. The van der Waals surface area contributed by atoms with Gasteiger partial charge in [0, 0.05) is 11.1 Å². The van der Waals surface area contributed by atoms with Crippen molar-refractivity contribution in [2.45, 2.75) is 45.9 Å². The van der Waals surface area contributed by atoms with Crippen molar-refractivity contribution in [3.63, 3.8) is 0 Å². The van der Waals surface area contributed by atoms with Crippen molar-refractivity contribution >= 4 is 17.9 Å². The smallest absolute Gasteiger partial charge is 0.416 e. The Morgan fingerprint density at radius 1 is 1.12 bits per heavy atom. The number of carbonyl (C=O) groups is 1. The van der Waals surface area contributed by atoms with Crippen LogP contribution in [0.4, 0.5) is 13.2 Å². The van der Waals surface area contributed by atoms with Crippen LogP contribution < -0.4 is 0 Å². The van der Waals surface area contributed by atoms with Crippen LogP contribution in [-0.2, 0) is 32.0 Å². The zero-order valence-electron chi connectivity index (χ0n) is 19.7. The Hall–Kier alpha value is -3.36. The summed E-state index contributed by atoms with van der Waals surface area (Å²) < 4.78 is 43.2. The molecule has 0 aromatic heterocycles. The van der Waals surface area contributed by atoms with Gasteiger partial charge in [0.15, 0.2) is 0 Å². The molecule has 3 rings (SSSR count). The van der Waals surface area contributed by atoms with Crippen LogP contribution in [0, 0.1) is 12.8 Å². The summed E-state index contributed by atoms with van der Waals surface area (Å²) in [7, 11) is 2.80. The van der Waals surface area contributed by atoms with E-state index in [2.05, 4.69) is 15.0 Å². The summed E-state index contributed by atoms with van der Waals surface area (Å²) in [6.45, 7) is 4.36. The molecule has 0 aliphatic heterocycles. The van der Waals surface area contributed by atoms with E-state index >= 15 is 0 Å². The van der Waals surface area contributed by atoms with E-state index < -0.39 is 11.7 Å². The third-order valence-corrected chi connectivity index (χ3v) is 5.21. The van der Waals surface area contributed by atoms with Gasteiger partial charge in [-0.2, -0.15) is 13.2 Å². The summed E-state index contributed by atoms with van der Waals surface area (Å²) in [5.41, 5.74) is 3.82. The van der Waals surface area contributed by atoms with Gasteiger partial charge in [0.25, 0.3) is 6.47 Å². The molecule has 0 saturated heterocycles. The molecule has 1 saturated carbocycles. The van der Waals surface area contributed by atoms with Gasteiger partial charge in [-0.15, -0.1) is 0 Å². The molecule has 0 heterocycles. The lowest BCUT2D eigenvalue weighted by molar-refractivity contribution is -0.137. The van der Waals surface area contributed by atoms with Gasteiger partial charge in [0.1, 0.15) is 13.7 Å². The van der Waals surface area contributed by atoms with Crippen molar-refractivity contribution in [1.29, 1.82) is 0 Å². The second-order valence-electron chi connectivity index (χ2n) is 7.83. The van der Waals surface area contributed by atoms with Crippen molar-refractivity contribution in [3.8, 4) is 0 Å². The zero-order chi connectivity index (χ0) is 25.1. The van der Waals surface area contributed by atoms with Crippen LogP contribution in [0.5, 0.6) is 0 Å². The monoisotopic (exact) mass is 478 g/mol. The first kappa shape index (κ1) is 26.9. The van der Waals surface area contributed by atoms with E-state index in [4.69, 9.17) is 14.5 Å². The number of ether oxygens (including phenoxy) is 1. The molecule has 1 aliphatic carbocycles. The summed E-state index contributed by atoms with van der Waals surface area (Å²) in [4.78, 5) is 19.5. The molecule has 34 heavy (non-hydrogen) atoms. The Bertz CT molecular complexity index is 1020. The molecule has 184 valence electrons. The average molecular weight is 479 g/mol. The molecular weight excluding hydrogens is 449 g/mol. The minimum absolute atomic E-state index is 0.186. The van der Waals surface area contributed by atoms with E-state index in [0.29, 0.717) is 35.8 Å². The molecule has 0 atom stereocenters. The highest BCUT2D eigenvalue weighted by Gasteiger charge is 2.31. The average Bonchev–Trinajstić information content (AvgIpc) is 3.63. The molecule has 9 heteroatoms. The van der Waals surface area contributed by atoms with Gasteiger partial charge >= 0.3 is 6.18 Å². The van der Waals surface area contributed by atoms with Crippen LogP contribution in [0.2, 0.25) is 0 Å². The van der Waals surface area contributed by atoms with Gasteiger partial charge in [-0.05, 0) is 62.3 Å². The number of oxime groups is 2. The van der Waals surface area contributed by atoms with Gasteiger partial charge in [-0.3, -0.25) is 4.79 Å². The van der Waals surface area contributed by atoms with Crippen LogP contribution in [0.1, 0.15) is 54.0 Å². The highest BCUT2D eigenvalue weighted by atomic mass is 19.4. The lowest BCUT2D eigenvalue weighted by atomic mass is 10.00. The Morgan fingerprint density at radius 2 is 1.79 bits per heavy atom. The first-order valence-electron chi connectivity index (χ1n) is 10.7.